The maximum Gasteiger partial charge on any atom is 0.469 e. The lowest BCUT2D eigenvalue weighted by atomic mass is 10.1. The molecule has 0 saturated heterocycles. The summed E-state index contributed by atoms with van der Waals surface area (Å²) in [5.74, 6) is -0.937. The third-order valence-electron chi connectivity index (χ3n) is 6.55. The van der Waals surface area contributed by atoms with E-state index in [2.05, 4.69) is 79.1 Å². The van der Waals surface area contributed by atoms with E-state index >= 15 is 0 Å². The number of hydrogen-bond acceptors (Lipinski definition) is 6. The summed E-state index contributed by atoms with van der Waals surface area (Å²) in [6.07, 6.45) is 36.8. The number of rotatable bonds is 29. The maximum atomic E-state index is 12.2. The minimum absolute atomic E-state index is 0.200. The molecule has 0 aromatic rings. The van der Waals surface area contributed by atoms with Crippen LogP contribution in [0.1, 0.15) is 129 Å². The molecule has 1 atom stereocenters. The Bertz CT molecular complexity index is 900. The van der Waals surface area contributed by atoms with Crippen molar-refractivity contribution >= 4 is 19.8 Å². The molecule has 0 bridgehead atoms. The highest BCUT2D eigenvalue weighted by Crippen LogP contribution is 2.35. The van der Waals surface area contributed by atoms with Crippen molar-refractivity contribution in [3.05, 3.63) is 60.8 Å². The number of allylic oxidation sites excluding steroid dienone is 10. The normalized spacial score (nSPS) is 13.3. The van der Waals surface area contributed by atoms with E-state index in [4.69, 9.17) is 19.3 Å². The zero-order valence-electron chi connectivity index (χ0n) is 27.3. The number of hydrogen-bond donors (Lipinski definition) is 2. The minimum atomic E-state index is -4.75. The number of carbonyl (C=O) groups is 2. The summed E-state index contributed by atoms with van der Waals surface area (Å²) < 4.78 is 26.1. The number of phosphoric acid groups is 1. The molecule has 0 radical (unpaired) electrons. The quantitative estimate of drug-likeness (QED) is 0.0360. The Labute approximate surface area is 267 Å². The Morgan fingerprint density at radius 2 is 1.09 bits per heavy atom. The molecular formula is C35H59O8P. The van der Waals surface area contributed by atoms with Gasteiger partial charge in [0.25, 0.3) is 0 Å². The summed E-state index contributed by atoms with van der Waals surface area (Å²) in [5.41, 5.74) is 0. The fourth-order valence-electron chi connectivity index (χ4n) is 4.10. The highest BCUT2D eigenvalue weighted by atomic mass is 31.2. The van der Waals surface area contributed by atoms with Crippen LogP contribution in [0.25, 0.3) is 0 Å². The first-order valence-electron chi connectivity index (χ1n) is 16.6. The van der Waals surface area contributed by atoms with Crippen molar-refractivity contribution in [2.75, 3.05) is 13.2 Å². The van der Waals surface area contributed by atoms with E-state index in [1.54, 1.807) is 0 Å². The first kappa shape index (κ1) is 41.8. The van der Waals surface area contributed by atoms with Crippen LogP contribution in [0.15, 0.2) is 60.8 Å². The molecule has 0 rings (SSSR count). The van der Waals surface area contributed by atoms with Gasteiger partial charge in [0.05, 0.1) is 6.61 Å². The number of unbranched alkanes of at least 4 members (excludes halogenated alkanes) is 9. The average Bonchev–Trinajstić information content (AvgIpc) is 2.98. The standard InChI is InChI=1S/C35H59O8P/c1-3-5-7-9-11-12-13-14-15-16-17-18-19-20-21-22-24-25-27-29-34(36)41-31-33(32-42-44(38,39)40)43-35(37)30-28-26-23-10-8-6-4-2/h5,7,11-12,14-15,17-18,20-21,33H,3-4,6,8-10,13,16,19,22-32H2,1-2H3,(H2,38,39,40)/b7-5+,12-11+,15-14+,18-17+,21-20+/t33-/m1/s1. The van der Waals surface area contributed by atoms with Crippen molar-refractivity contribution in [3.8, 4) is 0 Å². The second-order valence-corrected chi connectivity index (χ2v) is 12.0. The summed E-state index contributed by atoms with van der Waals surface area (Å²) in [7, 11) is -4.75. The molecule has 0 aromatic heterocycles. The van der Waals surface area contributed by atoms with Crippen molar-refractivity contribution in [1.82, 2.24) is 0 Å². The molecule has 0 amide bonds. The van der Waals surface area contributed by atoms with E-state index in [1.807, 2.05) is 0 Å². The van der Waals surface area contributed by atoms with Crippen molar-refractivity contribution in [2.45, 2.75) is 136 Å². The Balaban J connectivity index is 4.04. The summed E-state index contributed by atoms with van der Waals surface area (Å²) >= 11 is 0. The molecule has 0 saturated carbocycles. The lowest BCUT2D eigenvalue weighted by molar-refractivity contribution is -0.161. The van der Waals surface area contributed by atoms with Gasteiger partial charge in [-0.15, -0.1) is 0 Å². The van der Waals surface area contributed by atoms with E-state index in [9.17, 15) is 14.2 Å². The molecule has 2 N–H and O–H groups in total. The average molecular weight is 639 g/mol. The van der Waals surface area contributed by atoms with Crippen molar-refractivity contribution < 1.29 is 37.9 Å². The summed E-state index contributed by atoms with van der Waals surface area (Å²) in [6.45, 7) is 3.45. The molecule has 9 heteroatoms. The predicted octanol–water partition coefficient (Wildman–Crippen LogP) is 9.39. The fraction of sp³-hybridized carbons (Fsp3) is 0.657. The van der Waals surface area contributed by atoms with Crippen LogP contribution in [0.4, 0.5) is 0 Å². The molecule has 0 unspecified atom stereocenters. The van der Waals surface area contributed by atoms with Crippen LogP contribution in [-0.4, -0.2) is 41.0 Å². The molecule has 0 aliphatic heterocycles. The van der Waals surface area contributed by atoms with Gasteiger partial charge < -0.3 is 19.3 Å². The van der Waals surface area contributed by atoms with Gasteiger partial charge in [0.2, 0.25) is 0 Å². The smallest absolute Gasteiger partial charge is 0.462 e. The van der Waals surface area contributed by atoms with Gasteiger partial charge in [-0.25, -0.2) is 4.57 Å². The fourth-order valence-corrected chi connectivity index (χ4v) is 4.46. The van der Waals surface area contributed by atoms with Gasteiger partial charge in [-0.2, -0.15) is 0 Å². The zero-order chi connectivity index (χ0) is 32.6. The molecular weight excluding hydrogens is 579 g/mol. The van der Waals surface area contributed by atoms with Gasteiger partial charge in [0.15, 0.2) is 6.10 Å². The van der Waals surface area contributed by atoms with Crippen molar-refractivity contribution in [2.24, 2.45) is 0 Å². The highest BCUT2D eigenvalue weighted by Gasteiger charge is 2.22. The van der Waals surface area contributed by atoms with Crippen molar-refractivity contribution in [3.63, 3.8) is 0 Å². The van der Waals surface area contributed by atoms with Crippen molar-refractivity contribution in [1.29, 1.82) is 0 Å². The van der Waals surface area contributed by atoms with Gasteiger partial charge in [0, 0.05) is 12.8 Å². The number of carbonyl (C=O) groups excluding carboxylic acids is 2. The molecule has 0 fully saturated rings. The lowest BCUT2D eigenvalue weighted by Gasteiger charge is -2.18. The Hall–Kier alpha value is -2.25. The van der Waals surface area contributed by atoms with Gasteiger partial charge in [-0.1, -0.05) is 120 Å². The topological polar surface area (TPSA) is 119 Å². The third-order valence-corrected chi connectivity index (χ3v) is 7.04. The zero-order valence-corrected chi connectivity index (χ0v) is 28.2. The third kappa shape index (κ3) is 32.7. The Morgan fingerprint density at radius 1 is 0.614 bits per heavy atom. The number of esters is 2. The van der Waals surface area contributed by atoms with Crippen LogP contribution < -0.4 is 0 Å². The molecule has 0 aliphatic rings. The Morgan fingerprint density at radius 3 is 1.64 bits per heavy atom. The van der Waals surface area contributed by atoms with Crippen LogP contribution in [0.3, 0.4) is 0 Å². The molecule has 0 aromatic carbocycles. The van der Waals surface area contributed by atoms with E-state index in [0.29, 0.717) is 12.8 Å². The second-order valence-electron chi connectivity index (χ2n) is 10.8. The number of phosphoric ester groups is 1. The van der Waals surface area contributed by atoms with Gasteiger partial charge in [-0.3, -0.25) is 14.1 Å². The van der Waals surface area contributed by atoms with Gasteiger partial charge in [0.1, 0.15) is 6.61 Å². The molecule has 0 spiro atoms. The van der Waals surface area contributed by atoms with E-state index in [-0.39, 0.29) is 19.4 Å². The Kier molecular flexibility index (Phi) is 29.2. The van der Waals surface area contributed by atoms with Crippen LogP contribution in [-0.2, 0) is 28.2 Å². The SMILES string of the molecule is CC/C=C/C/C=C/C/C=C/C/C=C/C/C=C/CCCCCC(=O)OC[C@H](COP(=O)(O)O)OC(=O)CCCCCCCCC. The van der Waals surface area contributed by atoms with E-state index in [0.717, 1.165) is 70.6 Å². The van der Waals surface area contributed by atoms with Gasteiger partial charge in [-0.05, 0) is 57.8 Å². The lowest BCUT2D eigenvalue weighted by Crippen LogP contribution is -2.29. The van der Waals surface area contributed by atoms with Crippen LogP contribution in [0, 0.1) is 0 Å². The maximum absolute atomic E-state index is 12.2. The summed E-state index contributed by atoms with van der Waals surface area (Å²) in [4.78, 5) is 42.3. The van der Waals surface area contributed by atoms with E-state index < -0.39 is 32.5 Å². The second kappa shape index (κ2) is 30.8. The largest absolute Gasteiger partial charge is 0.469 e. The summed E-state index contributed by atoms with van der Waals surface area (Å²) in [6, 6.07) is 0. The van der Waals surface area contributed by atoms with E-state index in [1.165, 1.54) is 19.3 Å². The van der Waals surface area contributed by atoms with Gasteiger partial charge >= 0.3 is 19.8 Å². The molecule has 44 heavy (non-hydrogen) atoms. The number of ether oxygens (including phenoxy) is 2. The first-order valence-corrected chi connectivity index (χ1v) is 18.1. The summed E-state index contributed by atoms with van der Waals surface area (Å²) in [5, 5.41) is 0. The predicted molar refractivity (Wildman–Crippen MR) is 179 cm³/mol. The van der Waals surface area contributed by atoms with Crippen LogP contribution >= 0.6 is 7.82 Å². The monoisotopic (exact) mass is 638 g/mol. The van der Waals surface area contributed by atoms with Crippen LogP contribution in [0.5, 0.6) is 0 Å². The first-order chi connectivity index (χ1) is 21.3. The molecule has 8 nitrogen and oxygen atoms in total. The highest BCUT2D eigenvalue weighted by molar-refractivity contribution is 7.46. The molecule has 252 valence electrons. The molecule has 0 heterocycles. The molecule has 0 aliphatic carbocycles. The minimum Gasteiger partial charge on any atom is -0.462 e. The van der Waals surface area contributed by atoms with Crippen LogP contribution in [0.2, 0.25) is 0 Å².